The summed E-state index contributed by atoms with van der Waals surface area (Å²) in [6.45, 7) is 4.10. The number of nitrogens with zero attached hydrogens (tertiary/aromatic N) is 2. The molecule has 0 aliphatic heterocycles. The number of para-hydroxylation sites is 2. The van der Waals surface area contributed by atoms with E-state index in [1.807, 2.05) is 31.2 Å². The largest absolute Gasteiger partial charge is 0.346 e. The Kier molecular flexibility index (Phi) is 5.49. The first-order valence-electron chi connectivity index (χ1n) is 8.89. The number of carbonyl (C=O) groups is 1. The van der Waals surface area contributed by atoms with E-state index in [1.54, 1.807) is 0 Å². The Balaban J connectivity index is 1.73. The quantitative estimate of drug-likeness (QED) is 0.495. The smallest absolute Gasteiger partial charge is 0.342 e. The number of H-pyrrole nitrogens is 3. The second kappa shape index (κ2) is 7.98. The minimum absolute atomic E-state index is 0.0787. The molecule has 2 atom stereocenters. The van der Waals surface area contributed by atoms with Gasteiger partial charge in [0.05, 0.1) is 17.1 Å². The second-order valence-electron chi connectivity index (χ2n) is 6.52. The molecule has 1 aromatic carbocycles. The molecule has 9 nitrogen and oxygen atoms in total. The Morgan fingerprint density at radius 2 is 2.00 bits per heavy atom. The third-order valence-corrected chi connectivity index (χ3v) is 4.60. The van der Waals surface area contributed by atoms with Crippen LogP contribution in [-0.4, -0.2) is 31.1 Å². The highest BCUT2D eigenvalue weighted by molar-refractivity contribution is 5.77. The van der Waals surface area contributed by atoms with Crippen molar-refractivity contribution in [2.75, 3.05) is 0 Å². The van der Waals surface area contributed by atoms with Crippen molar-refractivity contribution in [1.82, 2.24) is 30.5 Å². The maximum absolute atomic E-state index is 12.4. The topological polar surface area (TPSA) is 136 Å². The van der Waals surface area contributed by atoms with E-state index in [-0.39, 0.29) is 36.4 Å². The Morgan fingerprint density at radius 1 is 1.22 bits per heavy atom. The lowest BCUT2D eigenvalue weighted by Gasteiger charge is -2.22. The first-order valence-corrected chi connectivity index (χ1v) is 8.89. The van der Waals surface area contributed by atoms with Crippen LogP contribution in [-0.2, 0) is 11.2 Å². The summed E-state index contributed by atoms with van der Waals surface area (Å²) in [7, 11) is 0. The minimum Gasteiger partial charge on any atom is -0.346 e. The van der Waals surface area contributed by atoms with Crippen molar-refractivity contribution in [3.05, 3.63) is 56.6 Å². The molecular weight excluding hydrogens is 348 g/mol. The third kappa shape index (κ3) is 4.30. The summed E-state index contributed by atoms with van der Waals surface area (Å²) in [6.07, 6.45) is 1.07. The molecule has 0 spiro atoms. The first-order chi connectivity index (χ1) is 13.0. The van der Waals surface area contributed by atoms with Crippen molar-refractivity contribution < 1.29 is 4.79 Å². The minimum atomic E-state index is -0.671. The molecule has 9 heteroatoms. The van der Waals surface area contributed by atoms with Crippen LogP contribution in [0, 0.1) is 5.92 Å². The van der Waals surface area contributed by atoms with Gasteiger partial charge in [0, 0.05) is 12.8 Å². The van der Waals surface area contributed by atoms with Gasteiger partial charge in [-0.3, -0.25) is 14.6 Å². The van der Waals surface area contributed by atoms with Crippen LogP contribution in [0.2, 0.25) is 0 Å². The fourth-order valence-electron chi connectivity index (χ4n) is 2.85. The number of rotatable bonds is 7. The normalized spacial score (nSPS) is 13.4. The molecule has 3 rings (SSSR count). The van der Waals surface area contributed by atoms with Gasteiger partial charge in [0.1, 0.15) is 11.5 Å². The van der Waals surface area contributed by atoms with Gasteiger partial charge in [-0.15, -0.1) is 0 Å². The highest BCUT2D eigenvalue weighted by Gasteiger charge is 2.23. The zero-order valence-corrected chi connectivity index (χ0v) is 15.2. The molecule has 0 unspecified atom stereocenters. The molecule has 3 aromatic rings. The molecule has 0 bridgehead atoms. The molecule has 27 heavy (non-hydrogen) atoms. The standard InChI is InChI=1S/C18H22N6O3/c1-3-10(2)15(16-19-11-6-4-5-7-12(11)20-16)21-14(25)9-8-13-17(26)22-18(27)24-23-13/h4-7,10,15H,3,8-9H2,1-2H3,(H,19,20)(H,21,25)(H2,22,24,26,27)/t10-,15-/m0/s1. The lowest BCUT2D eigenvalue weighted by Crippen LogP contribution is -2.34. The van der Waals surface area contributed by atoms with Gasteiger partial charge in [0.25, 0.3) is 5.56 Å². The number of amides is 1. The summed E-state index contributed by atoms with van der Waals surface area (Å²) in [5.74, 6) is 0.663. The van der Waals surface area contributed by atoms with Crippen molar-refractivity contribution in [2.45, 2.75) is 39.2 Å². The summed E-state index contributed by atoms with van der Waals surface area (Å²) in [5.41, 5.74) is 0.629. The molecule has 0 saturated heterocycles. The Morgan fingerprint density at radius 3 is 2.70 bits per heavy atom. The number of fused-ring (bicyclic) bond motifs is 1. The number of aromatic nitrogens is 5. The van der Waals surface area contributed by atoms with Gasteiger partial charge in [-0.2, -0.15) is 5.10 Å². The van der Waals surface area contributed by atoms with Crippen molar-refractivity contribution in [1.29, 1.82) is 0 Å². The number of aryl methyl sites for hydroxylation is 1. The van der Waals surface area contributed by atoms with Crippen LogP contribution in [0.15, 0.2) is 33.9 Å². The summed E-state index contributed by atoms with van der Waals surface area (Å²) < 4.78 is 0. The number of imidazole rings is 1. The van der Waals surface area contributed by atoms with Crippen molar-refractivity contribution in [2.24, 2.45) is 5.92 Å². The van der Waals surface area contributed by atoms with Gasteiger partial charge in [-0.25, -0.2) is 14.9 Å². The lowest BCUT2D eigenvalue weighted by atomic mass is 9.98. The van der Waals surface area contributed by atoms with Gasteiger partial charge < -0.3 is 10.3 Å². The molecule has 0 aliphatic rings. The average molecular weight is 370 g/mol. The van der Waals surface area contributed by atoms with E-state index < -0.39 is 11.2 Å². The fourth-order valence-corrected chi connectivity index (χ4v) is 2.85. The predicted molar refractivity (Wildman–Crippen MR) is 100 cm³/mol. The van der Waals surface area contributed by atoms with Gasteiger partial charge >= 0.3 is 5.69 Å². The second-order valence-corrected chi connectivity index (χ2v) is 6.52. The molecule has 1 amide bonds. The predicted octanol–water partition coefficient (Wildman–Crippen LogP) is 1.17. The van der Waals surface area contributed by atoms with Crippen LogP contribution in [0.25, 0.3) is 11.0 Å². The van der Waals surface area contributed by atoms with Crippen LogP contribution < -0.4 is 16.6 Å². The highest BCUT2D eigenvalue weighted by atomic mass is 16.2. The molecule has 2 heterocycles. The van der Waals surface area contributed by atoms with E-state index in [1.165, 1.54) is 0 Å². The van der Waals surface area contributed by atoms with Gasteiger partial charge in [0.2, 0.25) is 5.91 Å². The lowest BCUT2D eigenvalue weighted by molar-refractivity contribution is -0.122. The van der Waals surface area contributed by atoms with Gasteiger partial charge in [-0.1, -0.05) is 32.4 Å². The Labute approximate surface area is 154 Å². The monoisotopic (exact) mass is 370 g/mol. The highest BCUT2D eigenvalue weighted by Crippen LogP contribution is 2.24. The molecule has 0 saturated carbocycles. The van der Waals surface area contributed by atoms with Crippen molar-refractivity contribution >= 4 is 16.9 Å². The number of benzene rings is 1. The van der Waals surface area contributed by atoms with E-state index in [2.05, 4.69) is 37.4 Å². The maximum Gasteiger partial charge on any atom is 0.342 e. The molecule has 0 fully saturated rings. The van der Waals surface area contributed by atoms with E-state index in [0.29, 0.717) is 5.82 Å². The summed E-state index contributed by atoms with van der Waals surface area (Å²) in [5, 5.41) is 8.85. The van der Waals surface area contributed by atoms with Crippen molar-refractivity contribution in [3.8, 4) is 0 Å². The van der Waals surface area contributed by atoms with Crippen molar-refractivity contribution in [3.63, 3.8) is 0 Å². The molecule has 142 valence electrons. The van der Waals surface area contributed by atoms with Crippen LogP contribution in [0.4, 0.5) is 0 Å². The SMILES string of the molecule is CC[C@H](C)[C@H](NC(=O)CCc1n[nH]c(=O)[nH]c1=O)c1nc2ccccc2[nH]1. The first kappa shape index (κ1) is 18.6. The van der Waals surface area contributed by atoms with E-state index in [4.69, 9.17) is 0 Å². The van der Waals surface area contributed by atoms with Gasteiger partial charge in [0.15, 0.2) is 0 Å². The van der Waals surface area contributed by atoms with E-state index >= 15 is 0 Å². The summed E-state index contributed by atoms with van der Waals surface area (Å²) >= 11 is 0. The molecule has 0 aliphatic carbocycles. The molecule has 2 aromatic heterocycles. The van der Waals surface area contributed by atoms with E-state index in [9.17, 15) is 14.4 Å². The maximum atomic E-state index is 12.4. The average Bonchev–Trinajstić information content (AvgIpc) is 3.08. The van der Waals surface area contributed by atoms with E-state index in [0.717, 1.165) is 17.5 Å². The van der Waals surface area contributed by atoms with Gasteiger partial charge in [-0.05, 0) is 18.1 Å². The number of aromatic amines is 3. The number of carbonyl (C=O) groups excluding carboxylic acids is 1. The number of nitrogens with one attached hydrogen (secondary N) is 4. The molecule has 0 radical (unpaired) electrons. The van der Waals surface area contributed by atoms with Crippen LogP contribution >= 0.6 is 0 Å². The summed E-state index contributed by atoms with van der Waals surface area (Å²) in [4.78, 5) is 45.1. The molecular formula is C18H22N6O3. The van der Waals surface area contributed by atoms with Crippen LogP contribution in [0.5, 0.6) is 0 Å². The van der Waals surface area contributed by atoms with Crippen LogP contribution in [0.1, 0.15) is 44.2 Å². The zero-order valence-electron chi connectivity index (χ0n) is 15.2. The fraction of sp³-hybridized carbons (Fsp3) is 0.389. The number of hydrogen-bond donors (Lipinski definition) is 4. The Bertz CT molecular complexity index is 1020. The Hall–Kier alpha value is -3.23. The zero-order chi connectivity index (χ0) is 19.4. The molecule has 4 N–H and O–H groups in total. The van der Waals surface area contributed by atoms with Crippen LogP contribution in [0.3, 0.4) is 0 Å². The summed E-state index contributed by atoms with van der Waals surface area (Å²) in [6, 6.07) is 7.43. The third-order valence-electron chi connectivity index (χ3n) is 4.60. The number of hydrogen-bond acceptors (Lipinski definition) is 5.